The van der Waals surface area contributed by atoms with Crippen molar-refractivity contribution in [3.63, 3.8) is 0 Å². The first-order chi connectivity index (χ1) is 6.22. The second kappa shape index (κ2) is 4.25. The van der Waals surface area contributed by atoms with Gasteiger partial charge in [0.05, 0.1) is 6.42 Å². The number of anilines is 1. The zero-order valence-corrected chi connectivity index (χ0v) is 6.99. The summed E-state index contributed by atoms with van der Waals surface area (Å²) in [5, 5.41) is 2.49. The van der Waals surface area contributed by atoms with Crippen molar-refractivity contribution in [1.82, 2.24) is 0 Å². The lowest BCUT2D eigenvalue weighted by molar-refractivity contribution is -0.117. The maximum atomic E-state index is 10.5. The molecule has 68 valence electrons. The van der Waals surface area contributed by atoms with E-state index in [1.54, 1.807) is 24.3 Å². The predicted molar refractivity (Wildman–Crippen MR) is 49.0 cm³/mol. The van der Waals surface area contributed by atoms with Gasteiger partial charge in [0, 0.05) is 5.69 Å². The summed E-state index contributed by atoms with van der Waals surface area (Å²) in [4.78, 5) is 20.6. The van der Waals surface area contributed by atoms with E-state index in [-0.39, 0.29) is 12.3 Å². The molecule has 0 heterocycles. The van der Waals surface area contributed by atoms with Gasteiger partial charge in [-0.3, -0.25) is 9.59 Å². The number of amides is 2. The number of benzene rings is 1. The van der Waals surface area contributed by atoms with Crippen molar-refractivity contribution in [2.45, 2.75) is 6.42 Å². The molecule has 1 rings (SSSR count). The first kappa shape index (κ1) is 9.25. The lowest BCUT2D eigenvalue weighted by atomic mass is 10.1. The van der Waals surface area contributed by atoms with Crippen LogP contribution < -0.4 is 11.1 Å². The Morgan fingerprint density at radius 1 is 1.38 bits per heavy atom. The zero-order valence-electron chi connectivity index (χ0n) is 6.99. The van der Waals surface area contributed by atoms with Crippen molar-refractivity contribution in [2.75, 3.05) is 5.32 Å². The molecule has 0 aliphatic heterocycles. The quantitative estimate of drug-likeness (QED) is 0.650. The van der Waals surface area contributed by atoms with E-state index in [9.17, 15) is 9.59 Å². The van der Waals surface area contributed by atoms with Gasteiger partial charge >= 0.3 is 0 Å². The third-order valence-corrected chi connectivity index (χ3v) is 1.56. The molecule has 1 aromatic rings. The lowest BCUT2D eigenvalue weighted by Crippen LogP contribution is -2.13. The van der Waals surface area contributed by atoms with Crippen LogP contribution in [0, 0.1) is 0 Å². The number of carbonyl (C=O) groups is 2. The first-order valence-electron chi connectivity index (χ1n) is 3.80. The number of nitrogens with two attached hydrogens (primary N) is 1. The normalized spacial score (nSPS) is 9.23. The molecular weight excluding hydrogens is 168 g/mol. The van der Waals surface area contributed by atoms with Crippen molar-refractivity contribution >= 4 is 18.0 Å². The highest BCUT2D eigenvalue weighted by Gasteiger charge is 1.97. The highest BCUT2D eigenvalue weighted by Crippen LogP contribution is 2.08. The molecule has 0 saturated carbocycles. The molecule has 3 N–H and O–H groups in total. The van der Waals surface area contributed by atoms with Crippen LogP contribution in [0.3, 0.4) is 0 Å². The number of hydrogen-bond donors (Lipinski definition) is 2. The summed E-state index contributed by atoms with van der Waals surface area (Å²) in [6.07, 6.45) is 0.824. The van der Waals surface area contributed by atoms with Gasteiger partial charge in [0.25, 0.3) is 0 Å². The Kier molecular flexibility index (Phi) is 3.03. The molecule has 4 heteroatoms. The number of carbonyl (C=O) groups excluding carboxylic acids is 2. The Morgan fingerprint density at radius 3 is 2.46 bits per heavy atom. The summed E-state index contributed by atoms with van der Waals surface area (Å²) in [7, 11) is 0. The minimum Gasteiger partial charge on any atom is -0.369 e. The van der Waals surface area contributed by atoms with Gasteiger partial charge < -0.3 is 11.1 Å². The Morgan fingerprint density at radius 2 is 2.00 bits per heavy atom. The standard InChI is InChI=1S/C9H10N2O2/c10-9(13)5-7-1-3-8(4-2-7)11-6-12/h1-4,6H,5H2,(H2,10,13)(H,11,12). The third-order valence-electron chi connectivity index (χ3n) is 1.56. The van der Waals surface area contributed by atoms with Gasteiger partial charge in [-0.2, -0.15) is 0 Å². The number of primary amides is 1. The Balaban J connectivity index is 2.69. The lowest BCUT2D eigenvalue weighted by Gasteiger charge is -2.00. The van der Waals surface area contributed by atoms with Crippen LogP contribution in [0.25, 0.3) is 0 Å². The van der Waals surface area contributed by atoms with E-state index in [4.69, 9.17) is 5.73 Å². The molecule has 0 fully saturated rings. The van der Waals surface area contributed by atoms with Crippen molar-refractivity contribution < 1.29 is 9.59 Å². The van der Waals surface area contributed by atoms with Crippen LogP contribution in [-0.2, 0) is 16.0 Å². The van der Waals surface area contributed by atoms with Crippen LogP contribution in [0.15, 0.2) is 24.3 Å². The molecule has 0 spiro atoms. The molecule has 0 bridgehead atoms. The highest BCUT2D eigenvalue weighted by atomic mass is 16.1. The molecule has 0 radical (unpaired) electrons. The number of rotatable bonds is 4. The maximum Gasteiger partial charge on any atom is 0.221 e. The molecule has 0 aromatic heterocycles. The molecule has 0 unspecified atom stereocenters. The van der Waals surface area contributed by atoms with Crippen LogP contribution in [0.1, 0.15) is 5.56 Å². The number of nitrogens with one attached hydrogen (secondary N) is 1. The van der Waals surface area contributed by atoms with Gasteiger partial charge in [-0.25, -0.2) is 0 Å². The summed E-state index contributed by atoms with van der Waals surface area (Å²) in [5.74, 6) is -0.365. The second-order valence-corrected chi connectivity index (χ2v) is 2.60. The molecule has 4 nitrogen and oxygen atoms in total. The molecule has 0 saturated heterocycles. The molecule has 0 aliphatic rings. The van der Waals surface area contributed by atoms with Crippen LogP contribution in [0.2, 0.25) is 0 Å². The smallest absolute Gasteiger partial charge is 0.221 e. The summed E-state index contributed by atoms with van der Waals surface area (Å²) in [6, 6.07) is 6.92. The fraction of sp³-hybridized carbons (Fsp3) is 0.111. The summed E-state index contributed by atoms with van der Waals surface area (Å²) < 4.78 is 0. The van der Waals surface area contributed by atoms with Crippen molar-refractivity contribution in [3.05, 3.63) is 29.8 Å². The van der Waals surface area contributed by atoms with Gasteiger partial charge in [0.2, 0.25) is 12.3 Å². The van der Waals surface area contributed by atoms with Gasteiger partial charge in [-0.15, -0.1) is 0 Å². The average molecular weight is 178 g/mol. The maximum absolute atomic E-state index is 10.5. The monoisotopic (exact) mass is 178 g/mol. The molecular formula is C9H10N2O2. The molecule has 0 atom stereocenters. The highest BCUT2D eigenvalue weighted by molar-refractivity contribution is 5.77. The van der Waals surface area contributed by atoms with Crippen LogP contribution in [0.5, 0.6) is 0 Å². The molecule has 13 heavy (non-hydrogen) atoms. The fourth-order valence-electron chi connectivity index (χ4n) is 0.988. The van der Waals surface area contributed by atoms with Gasteiger partial charge in [0.15, 0.2) is 0 Å². The summed E-state index contributed by atoms with van der Waals surface area (Å²) >= 11 is 0. The van der Waals surface area contributed by atoms with E-state index in [0.717, 1.165) is 5.56 Å². The second-order valence-electron chi connectivity index (χ2n) is 2.60. The van der Waals surface area contributed by atoms with Gasteiger partial charge in [0.1, 0.15) is 0 Å². The average Bonchev–Trinajstić information content (AvgIpc) is 2.08. The van der Waals surface area contributed by atoms with Crippen LogP contribution in [0.4, 0.5) is 5.69 Å². The van der Waals surface area contributed by atoms with E-state index >= 15 is 0 Å². The first-order valence-corrected chi connectivity index (χ1v) is 3.80. The predicted octanol–water partition coefficient (Wildman–Crippen LogP) is 0.283. The summed E-state index contributed by atoms with van der Waals surface area (Å²) in [5.41, 5.74) is 6.54. The Labute approximate surface area is 75.7 Å². The summed E-state index contributed by atoms with van der Waals surface area (Å²) in [6.45, 7) is 0. The van der Waals surface area contributed by atoms with Gasteiger partial charge in [-0.05, 0) is 17.7 Å². The SMILES string of the molecule is NC(=O)Cc1ccc(NC=O)cc1. The number of hydrogen-bond acceptors (Lipinski definition) is 2. The minimum absolute atomic E-state index is 0.224. The van der Waals surface area contributed by atoms with E-state index in [0.29, 0.717) is 12.1 Å². The topological polar surface area (TPSA) is 72.2 Å². The Bertz CT molecular complexity index is 306. The van der Waals surface area contributed by atoms with E-state index in [2.05, 4.69) is 5.32 Å². The van der Waals surface area contributed by atoms with Crippen molar-refractivity contribution in [1.29, 1.82) is 0 Å². The van der Waals surface area contributed by atoms with Crippen LogP contribution in [-0.4, -0.2) is 12.3 Å². The largest absolute Gasteiger partial charge is 0.369 e. The van der Waals surface area contributed by atoms with Gasteiger partial charge in [-0.1, -0.05) is 12.1 Å². The van der Waals surface area contributed by atoms with Crippen molar-refractivity contribution in [3.8, 4) is 0 Å². The molecule has 0 aliphatic carbocycles. The van der Waals surface area contributed by atoms with Crippen molar-refractivity contribution in [2.24, 2.45) is 5.73 Å². The Hall–Kier alpha value is -1.84. The third kappa shape index (κ3) is 2.94. The molecule has 1 aromatic carbocycles. The fourth-order valence-corrected chi connectivity index (χ4v) is 0.988. The van der Waals surface area contributed by atoms with E-state index in [1.165, 1.54) is 0 Å². The van der Waals surface area contributed by atoms with E-state index in [1.807, 2.05) is 0 Å². The van der Waals surface area contributed by atoms with E-state index < -0.39 is 0 Å². The zero-order chi connectivity index (χ0) is 9.68. The minimum atomic E-state index is -0.365. The van der Waals surface area contributed by atoms with Crippen LogP contribution >= 0.6 is 0 Å². The molecule has 2 amide bonds.